The second-order valence-electron chi connectivity index (χ2n) is 13.1. The lowest BCUT2D eigenvalue weighted by Gasteiger charge is -2.89. The molecule has 202 valence electrons. The summed E-state index contributed by atoms with van der Waals surface area (Å²) in [5.74, 6) is 4.78. The number of fused-ring (bicyclic) bond motifs is 6. The molecular formula is C37H27N3O2. The molecule has 1 spiro atoms. The summed E-state index contributed by atoms with van der Waals surface area (Å²) in [6.07, 6.45) is 11.7. The normalized spacial score (nSPS) is 28.5. The fourth-order valence-electron chi connectivity index (χ4n) is 10.1. The van der Waals surface area contributed by atoms with E-state index in [0.29, 0.717) is 0 Å². The molecule has 4 saturated carbocycles. The molecule has 4 aliphatic rings. The van der Waals surface area contributed by atoms with Crippen molar-refractivity contribution >= 4 is 60.9 Å². The first-order valence-corrected chi connectivity index (χ1v) is 15.2. The first-order chi connectivity index (χ1) is 20.8. The molecule has 0 aliphatic heterocycles. The van der Waals surface area contributed by atoms with E-state index in [2.05, 4.69) is 75.5 Å². The lowest BCUT2D eigenvalue weighted by atomic mass is 9.15. The van der Waals surface area contributed by atoms with Gasteiger partial charge in [0.15, 0.2) is 11.2 Å². The molecule has 11 rings (SSSR count). The monoisotopic (exact) mass is 545 g/mol. The summed E-state index contributed by atoms with van der Waals surface area (Å²) in [6, 6.07) is 26.5. The molecule has 4 unspecified atom stereocenters. The van der Waals surface area contributed by atoms with Crippen LogP contribution in [0.4, 0.5) is 17.1 Å². The van der Waals surface area contributed by atoms with E-state index in [9.17, 15) is 0 Å². The highest BCUT2D eigenvalue weighted by Gasteiger charge is 2.84. The molecule has 0 radical (unpaired) electrons. The van der Waals surface area contributed by atoms with Crippen LogP contribution >= 0.6 is 0 Å². The quantitative estimate of drug-likeness (QED) is 0.220. The second-order valence-corrected chi connectivity index (χ2v) is 13.1. The zero-order valence-electron chi connectivity index (χ0n) is 22.9. The topological polar surface area (TPSA) is 55.3 Å². The van der Waals surface area contributed by atoms with E-state index in [0.717, 1.165) is 95.9 Å². The van der Waals surface area contributed by atoms with Gasteiger partial charge >= 0.3 is 0 Å². The predicted molar refractivity (Wildman–Crippen MR) is 164 cm³/mol. The van der Waals surface area contributed by atoms with Crippen molar-refractivity contribution in [3.8, 4) is 0 Å². The van der Waals surface area contributed by atoms with Crippen molar-refractivity contribution < 1.29 is 8.83 Å². The highest BCUT2D eigenvalue weighted by molar-refractivity contribution is 6.08. The van der Waals surface area contributed by atoms with Crippen LogP contribution in [0.15, 0.2) is 106 Å². The first kappa shape index (κ1) is 22.0. The van der Waals surface area contributed by atoms with Crippen molar-refractivity contribution in [1.29, 1.82) is 0 Å². The maximum absolute atomic E-state index is 6.11. The lowest BCUT2D eigenvalue weighted by Crippen LogP contribution is -2.82. The van der Waals surface area contributed by atoms with Gasteiger partial charge in [0.05, 0.1) is 12.4 Å². The molecule has 4 atom stereocenters. The number of furan rings is 2. The van der Waals surface area contributed by atoms with Crippen LogP contribution in [0.1, 0.15) is 30.7 Å². The van der Waals surface area contributed by atoms with Crippen molar-refractivity contribution in [3.05, 3.63) is 103 Å². The average molecular weight is 546 g/mol. The summed E-state index contributed by atoms with van der Waals surface area (Å²) in [7, 11) is 0. The van der Waals surface area contributed by atoms with Crippen molar-refractivity contribution in [2.75, 3.05) is 4.90 Å². The van der Waals surface area contributed by atoms with Crippen LogP contribution < -0.4 is 4.90 Å². The van der Waals surface area contributed by atoms with Crippen molar-refractivity contribution in [1.82, 2.24) is 9.97 Å². The molecule has 5 nitrogen and oxygen atoms in total. The fourth-order valence-corrected chi connectivity index (χ4v) is 10.1. The zero-order valence-corrected chi connectivity index (χ0v) is 22.9. The number of aromatic nitrogens is 2. The van der Waals surface area contributed by atoms with Crippen LogP contribution in [0.2, 0.25) is 0 Å². The van der Waals surface area contributed by atoms with E-state index in [1.54, 1.807) is 12.4 Å². The van der Waals surface area contributed by atoms with Crippen LogP contribution in [0.25, 0.3) is 43.9 Å². The van der Waals surface area contributed by atoms with E-state index in [4.69, 9.17) is 8.83 Å². The van der Waals surface area contributed by atoms with E-state index in [-0.39, 0.29) is 0 Å². The number of anilines is 3. The first-order valence-electron chi connectivity index (χ1n) is 15.2. The maximum Gasteiger partial charge on any atom is 0.153 e. The number of hydrogen-bond donors (Lipinski definition) is 0. The molecule has 7 aromatic rings. The molecule has 0 saturated heterocycles. The van der Waals surface area contributed by atoms with E-state index in [1.807, 2.05) is 24.5 Å². The second kappa shape index (κ2) is 7.40. The number of benzene rings is 3. The third-order valence-electron chi connectivity index (χ3n) is 11.8. The van der Waals surface area contributed by atoms with E-state index in [1.165, 1.54) is 24.8 Å². The van der Waals surface area contributed by atoms with Gasteiger partial charge in [0.25, 0.3) is 0 Å². The minimum absolute atomic E-state index is 0.768. The van der Waals surface area contributed by atoms with Gasteiger partial charge < -0.3 is 13.7 Å². The Hall–Kier alpha value is -4.64. The van der Waals surface area contributed by atoms with Gasteiger partial charge in [0.1, 0.15) is 11.2 Å². The summed E-state index contributed by atoms with van der Waals surface area (Å²) in [6.45, 7) is 0. The molecule has 4 aliphatic carbocycles. The molecule has 3 aromatic carbocycles. The Bertz CT molecular complexity index is 2110. The van der Waals surface area contributed by atoms with Crippen molar-refractivity contribution in [2.45, 2.75) is 25.2 Å². The van der Waals surface area contributed by atoms with Gasteiger partial charge in [0, 0.05) is 51.0 Å². The highest BCUT2D eigenvalue weighted by Crippen LogP contribution is 2.91. The smallest absolute Gasteiger partial charge is 0.153 e. The Morgan fingerprint density at radius 2 is 1.12 bits per heavy atom. The summed E-state index contributed by atoms with van der Waals surface area (Å²) < 4.78 is 12.2. The Morgan fingerprint density at radius 1 is 0.571 bits per heavy atom. The molecule has 5 heteroatoms. The Kier molecular flexibility index (Phi) is 3.88. The van der Waals surface area contributed by atoms with Crippen LogP contribution in [-0.4, -0.2) is 9.97 Å². The van der Waals surface area contributed by atoms with Gasteiger partial charge in [-0.3, -0.25) is 9.97 Å². The highest BCUT2D eigenvalue weighted by atomic mass is 16.3. The van der Waals surface area contributed by atoms with Gasteiger partial charge in [-0.1, -0.05) is 12.1 Å². The molecule has 0 N–H and O–H groups in total. The molecule has 4 heterocycles. The zero-order chi connectivity index (χ0) is 27.2. The Labute approximate surface area is 241 Å². The van der Waals surface area contributed by atoms with Crippen LogP contribution in [0.5, 0.6) is 0 Å². The summed E-state index contributed by atoms with van der Waals surface area (Å²) in [5, 5.41) is 4.33. The third-order valence-corrected chi connectivity index (χ3v) is 11.8. The average Bonchev–Trinajstić information content (AvgIpc) is 3.55. The van der Waals surface area contributed by atoms with Gasteiger partial charge in [-0.15, -0.1) is 0 Å². The van der Waals surface area contributed by atoms with E-state index >= 15 is 0 Å². The molecule has 42 heavy (non-hydrogen) atoms. The number of rotatable bonds is 4. The van der Waals surface area contributed by atoms with E-state index < -0.39 is 0 Å². The summed E-state index contributed by atoms with van der Waals surface area (Å²) in [5.41, 5.74) is 9.00. The minimum atomic E-state index is 0.768. The molecule has 4 aromatic heterocycles. The standard InChI is InChI=1S/C37H27N3O2/c1-3-23(4-2-20(1)36-30-14-21-13-22-15-31(36)37(21,22)30)40(24-5-7-32-28(16-24)26-9-11-38-18-34(26)41-32)25-6-8-33-29(17-25)27-10-12-39-19-35(27)42-33/h1-12,16-19,21-22,30-31,36H,13-15H2. The molecule has 0 amide bonds. The maximum atomic E-state index is 6.11. The summed E-state index contributed by atoms with van der Waals surface area (Å²) >= 11 is 0. The van der Waals surface area contributed by atoms with Crippen LogP contribution in [-0.2, 0) is 0 Å². The van der Waals surface area contributed by atoms with Crippen LogP contribution in [0, 0.1) is 29.1 Å². The number of nitrogens with zero attached hydrogens (tertiary/aromatic N) is 3. The SMILES string of the molecule is c1cc2c(cn1)oc1ccc(N(c3ccc(C4C5CC6CC7CC4C675)cc3)c3ccc4oc5cnccc5c4c3)cc12. The van der Waals surface area contributed by atoms with Gasteiger partial charge in [-0.2, -0.15) is 0 Å². The number of pyridine rings is 2. The lowest BCUT2D eigenvalue weighted by molar-refractivity contribution is -0.390. The number of hydrogen-bond acceptors (Lipinski definition) is 5. The minimum Gasteiger partial charge on any atom is -0.454 e. The molecule has 0 bridgehead atoms. The van der Waals surface area contributed by atoms with Gasteiger partial charge in [0.2, 0.25) is 0 Å². The van der Waals surface area contributed by atoms with Gasteiger partial charge in [-0.05, 0) is 120 Å². The van der Waals surface area contributed by atoms with Crippen molar-refractivity contribution in [2.24, 2.45) is 29.1 Å². The predicted octanol–water partition coefficient (Wildman–Crippen LogP) is 9.50. The van der Waals surface area contributed by atoms with Crippen molar-refractivity contribution in [3.63, 3.8) is 0 Å². The Morgan fingerprint density at radius 3 is 1.67 bits per heavy atom. The van der Waals surface area contributed by atoms with Crippen LogP contribution in [0.3, 0.4) is 0 Å². The largest absolute Gasteiger partial charge is 0.454 e. The van der Waals surface area contributed by atoms with Gasteiger partial charge in [-0.25, -0.2) is 0 Å². The Balaban J connectivity index is 1.06. The third kappa shape index (κ3) is 2.49. The summed E-state index contributed by atoms with van der Waals surface area (Å²) in [4.78, 5) is 10.9. The fraction of sp³-hybridized carbons (Fsp3) is 0.243. The molecular weight excluding hydrogens is 518 g/mol. The molecule has 4 fully saturated rings.